The number of nitrogens with zero attached hydrogens (tertiary/aromatic N) is 2. The second-order valence-corrected chi connectivity index (χ2v) is 7.62. The fourth-order valence-corrected chi connectivity index (χ4v) is 4.28. The number of hydrazine groups is 1. The summed E-state index contributed by atoms with van der Waals surface area (Å²) in [5.74, 6) is -0.798. The maximum absolute atomic E-state index is 12.7. The first-order valence-electron chi connectivity index (χ1n) is 10.2. The fraction of sp³-hybridized carbons (Fsp3) is 0.348. The van der Waals surface area contributed by atoms with Gasteiger partial charge in [-0.1, -0.05) is 49.2 Å². The molecule has 29 heavy (non-hydrogen) atoms. The molecule has 1 aliphatic carbocycles. The summed E-state index contributed by atoms with van der Waals surface area (Å²) in [7, 11) is 0. The first-order chi connectivity index (χ1) is 14.1. The average Bonchev–Trinajstić information content (AvgIpc) is 3.02. The number of likely N-dealkylation sites (tertiary alicyclic amines) is 1. The lowest BCUT2D eigenvalue weighted by Crippen LogP contribution is -2.41. The summed E-state index contributed by atoms with van der Waals surface area (Å²) in [4.78, 5) is 39.2. The summed E-state index contributed by atoms with van der Waals surface area (Å²) < 4.78 is 0. The molecule has 1 saturated carbocycles. The van der Waals surface area contributed by atoms with Crippen LogP contribution in [-0.2, 0) is 14.4 Å². The Balaban J connectivity index is 1.42. The highest BCUT2D eigenvalue weighted by molar-refractivity contribution is 6.05. The van der Waals surface area contributed by atoms with Crippen LogP contribution in [0.5, 0.6) is 0 Å². The summed E-state index contributed by atoms with van der Waals surface area (Å²) in [5.41, 5.74) is 4.56. The molecule has 0 bridgehead atoms. The molecule has 150 valence electrons. The second kappa shape index (κ2) is 8.47. The normalized spacial score (nSPS) is 21.0. The molecule has 2 unspecified atom stereocenters. The Bertz CT molecular complexity index is 821. The topological polar surface area (TPSA) is 69.7 Å². The van der Waals surface area contributed by atoms with Crippen molar-refractivity contribution in [2.75, 3.05) is 11.6 Å². The molecule has 1 saturated heterocycles. The van der Waals surface area contributed by atoms with Gasteiger partial charge in [-0.25, -0.2) is 0 Å². The lowest BCUT2D eigenvalue weighted by molar-refractivity contribution is -0.140. The number of nitrogens with one attached hydrogen (secondary N) is 1. The second-order valence-electron chi connectivity index (χ2n) is 7.62. The highest BCUT2D eigenvalue weighted by Gasteiger charge is 2.47. The van der Waals surface area contributed by atoms with Crippen LogP contribution in [0.15, 0.2) is 60.7 Å². The van der Waals surface area contributed by atoms with E-state index in [1.54, 1.807) is 5.01 Å². The van der Waals surface area contributed by atoms with Crippen LogP contribution in [-0.4, -0.2) is 29.2 Å². The third-order valence-electron chi connectivity index (χ3n) is 5.76. The van der Waals surface area contributed by atoms with Crippen molar-refractivity contribution in [2.45, 2.75) is 32.1 Å². The van der Waals surface area contributed by atoms with E-state index >= 15 is 0 Å². The Hall–Kier alpha value is -3.15. The zero-order valence-electron chi connectivity index (χ0n) is 16.3. The van der Waals surface area contributed by atoms with Crippen molar-refractivity contribution in [2.24, 2.45) is 11.8 Å². The summed E-state index contributed by atoms with van der Waals surface area (Å²) in [6, 6.07) is 19.1. The smallest absolute Gasteiger partial charge is 0.240 e. The van der Waals surface area contributed by atoms with Crippen LogP contribution in [0, 0.1) is 11.8 Å². The molecule has 1 aliphatic heterocycles. The predicted octanol–water partition coefficient (Wildman–Crippen LogP) is 3.42. The number of hydrogen-bond acceptors (Lipinski definition) is 4. The van der Waals surface area contributed by atoms with Gasteiger partial charge in [-0.05, 0) is 37.1 Å². The zero-order valence-corrected chi connectivity index (χ0v) is 16.3. The molecule has 2 atom stereocenters. The lowest BCUT2D eigenvalue weighted by Gasteiger charge is -2.26. The van der Waals surface area contributed by atoms with Crippen molar-refractivity contribution < 1.29 is 14.4 Å². The van der Waals surface area contributed by atoms with E-state index in [-0.39, 0.29) is 42.5 Å². The van der Waals surface area contributed by atoms with Crippen LogP contribution < -0.4 is 10.4 Å². The van der Waals surface area contributed by atoms with E-state index in [4.69, 9.17) is 0 Å². The van der Waals surface area contributed by atoms with E-state index in [9.17, 15) is 14.4 Å². The quantitative estimate of drug-likeness (QED) is 0.605. The molecule has 3 amide bonds. The molecule has 4 rings (SSSR count). The number of carbonyl (C=O) groups is 3. The Morgan fingerprint density at radius 1 is 0.862 bits per heavy atom. The van der Waals surface area contributed by atoms with Gasteiger partial charge in [0.25, 0.3) is 0 Å². The molecule has 1 heterocycles. The van der Waals surface area contributed by atoms with Gasteiger partial charge in [0, 0.05) is 13.0 Å². The number of carbonyl (C=O) groups excluding carboxylic acids is 3. The standard InChI is InChI=1S/C23H25N3O3/c27-21(15-16-25-22(28)19-13-7-8-14-20(19)23(25)29)24-26(17-9-3-1-4-10-17)18-11-5-2-6-12-18/h1-6,9-12,19-20H,7-8,13-16H2,(H,24,27). The van der Waals surface area contributed by atoms with Crippen molar-refractivity contribution in [1.82, 2.24) is 10.3 Å². The number of benzene rings is 2. The first kappa shape index (κ1) is 19.2. The third kappa shape index (κ3) is 4.01. The number of para-hydroxylation sites is 2. The van der Waals surface area contributed by atoms with Gasteiger partial charge in [0.2, 0.25) is 17.7 Å². The van der Waals surface area contributed by atoms with Crippen LogP contribution in [0.3, 0.4) is 0 Å². The van der Waals surface area contributed by atoms with E-state index < -0.39 is 0 Å². The first-order valence-corrected chi connectivity index (χ1v) is 10.2. The number of fused-ring (bicyclic) bond motifs is 1. The maximum atomic E-state index is 12.7. The van der Waals surface area contributed by atoms with Gasteiger partial charge in [0.05, 0.1) is 23.2 Å². The molecular formula is C23H25N3O3. The Morgan fingerprint density at radius 3 is 1.83 bits per heavy atom. The number of anilines is 2. The Kier molecular flexibility index (Phi) is 5.60. The molecule has 1 N–H and O–H groups in total. The fourth-order valence-electron chi connectivity index (χ4n) is 4.28. The monoisotopic (exact) mass is 391 g/mol. The molecule has 0 spiro atoms. The van der Waals surface area contributed by atoms with Crippen molar-refractivity contribution >= 4 is 29.1 Å². The van der Waals surface area contributed by atoms with Gasteiger partial charge < -0.3 is 0 Å². The molecule has 0 radical (unpaired) electrons. The highest BCUT2D eigenvalue weighted by atomic mass is 16.2. The van der Waals surface area contributed by atoms with E-state index in [0.29, 0.717) is 0 Å². The molecule has 2 aromatic carbocycles. The van der Waals surface area contributed by atoms with Crippen molar-refractivity contribution in [1.29, 1.82) is 0 Å². The minimum atomic E-state index is -0.242. The van der Waals surface area contributed by atoms with Crippen molar-refractivity contribution in [3.05, 3.63) is 60.7 Å². The minimum absolute atomic E-state index is 0.0765. The number of imide groups is 1. The number of amides is 3. The molecule has 6 heteroatoms. The molecule has 2 aromatic rings. The van der Waals surface area contributed by atoms with Gasteiger partial charge in [-0.2, -0.15) is 0 Å². The minimum Gasteiger partial charge on any atom is -0.282 e. The molecular weight excluding hydrogens is 366 g/mol. The zero-order chi connectivity index (χ0) is 20.2. The van der Waals surface area contributed by atoms with Gasteiger partial charge in [0.15, 0.2) is 0 Å². The lowest BCUT2D eigenvalue weighted by atomic mass is 9.81. The largest absolute Gasteiger partial charge is 0.282 e. The molecule has 0 aromatic heterocycles. The van der Waals surface area contributed by atoms with Crippen molar-refractivity contribution in [3.63, 3.8) is 0 Å². The SMILES string of the molecule is O=C(CCN1C(=O)C2CCCCC2C1=O)NN(c1ccccc1)c1ccccc1. The van der Waals surface area contributed by atoms with E-state index in [1.165, 1.54) is 4.90 Å². The Morgan fingerprint density at radius 2 is 1.34 bits per heavy atom. The molecule has 6 nitrogen and oxygen atoms in total. The van der Waals surface area contributed by atoms with Crippen molar-refractivity contribution in [3.8, 4) is 0 Å². The third-order valence-corrected chi connectivity index (χ3v) is 5.76. The predicted molar refractivity (Wildman–Crippen MR) is 110 cm³/mol. The summed E-state index contributed by atoms with van der Waals surface area (Å²) in [5, 5.41) is 1.72. The molecule has 2 fully saturated rings. The van der Waals surface area contributed by atoms with Crippen LogP contribution >= 0.6 is 0 Å². The summed E-state index contributed by atoms with van der Waals surface area (Å²) in [6.07, 6.45) is 3.64. The van der Waals surface area contributed by atoms with Gasteiger partial charge >= 0.3 is 0 Å². The average molecular weight is 391 g/mol. The van der Waals surface area contributed by atoms with Gasteiger partial charge in [0.1, 0.15) is 0 Å². The van der Waals surface area contributed by atoms with Gasteiger partial charge in [-0.3, -0.25) is 29.7 Å². The Labute approximate surface area is 170 Å². The summed E-state index contributed by atoms with van der Waals surface area (Å²) >= 11 is 0. The summed E-state index contributed by atoms with van der Waals surface area (Å²) in [6.45, 7) is 0.133. The van der Waals surface area contributed by atoms with Crippen LogP contribution in [0.2, 0.25) is 0 Å². The van der Waals surface area contributed by atoms with Crippen LogP contribution in [0.1, 0.15) is 32.1 Å². The van der Waals surface area contributed by atoms with Crippen LogP contribution in [0.4, 0.5) is 11.4 Å². The number of hydrogen-bond donors (Lipinski definition) is 1. The van der Waals surface area contributed by atoms with E-state index in [0.717, 1.165) is 37.1 Å². The maximum Gasteiger partial charge on any atom is 0.240 e. The highest BCUT2D eigenvalue weighted by Crippen LogP contribution is 2.38. The van der Waals surface area contributed by atoms with E-state index in [2.05, 4.69) is 5.43 Å². The van der Waals surface area contributed by atoms with Gasteiger partial charge in [-0.15, -0.1) is 0 Å². The molecule has 2 aliphatic rings. The van der Waals surface area contributed by atoms with E-state index in [1.807, 2.05) is 60.7 Å². The number of rotatable bonds is 6. The van der Waals surface area contributed by atoms with Crippen LogP contribution in [0.25, 0.3) is 0 Å².